The van der Waals surface area contributed by atoms with Gasteiger partial charge in [-0.2, -0.15) is 0 Å². The van der Waals surface area contributed by atoms with Crippen molar-refractivity contribution in [3.8, 4) is 0 Å². The summed E-state index contributed by atoms with van der Waals surface area (Å²) >= 11 is 0. The SMILES string of the molecule is Cc1c(C(C=O)NC(=O)OC(C)(C)C)c2ccccc2n1C. The number of nitrogens with one attached hydrogen (secondary N) is 1. The van der Waals surface area contributed by atoms with E-state index in [1.54, 1.807) is 20.8 Å². The third kappa shape index (κ3) is 3.13. The van der Waals surface area contributed by atoms with Gasteiger partial charge in [0.1, 0.15) is 17.9 Å². The number of rotatable bonds is 3. The maximum Gasteiger partial charge on any atom is 0.408 e. The lowest BCUT2D eigenvalue weighted by Gasteiger charge is -2.21. The number of ether oxygens (including phenoxy) is 1. The van der Waals surface area contributed by atoms with Crippen LogP contribution in [0.2, 0.25) is 0 Å². The molecule has 1 atom stereocenters. The first-order valence-corrected chi connectivity index (χ1v) is 7.23. The van der Waals surface area contributed by atoms with Crippen molar-refractivity contribution in [2.45, 2.75) is 39.3 Å². The zero-order chi connectivity index (χ0) is 16.5. The van der Waals surface area contributed by atoms with Crippen LogP contribution in [-0.2, 0) is 16.6 Å². The van der Waals surface area contributed by atoms with Gasteiger partial charge in [0.05, 0.1) is 0 Å². The molecule has 1 heterocycles. The second-order valence-corrected chi connectivity index (χ2v) is 6.34. The lowest BCUT2D eigenvalue weighted by atomic mass is 10.0. The molecular weight excluding hydrogens is 280 g/mol. The van der Waals surface area contributed by atoms with Crippen LogP contribution in [0.25, 0.3) is 10.9 Å². The zero-order valence-corrected chi connectivity index (χ0v) is 13.6. The number of para-hydroxylation sites is 1. The number of fused-ring (bicyclic) bond motifs is 1. The molecule has 0 aliphatic carbocycles. The van der Waals surface area contributed by atoms with E-state index in [0.717, 1.165) is 28.4 Å². The number of aldehydes is 1. The molecule has 22 heavy (non-hydrogen) atoms. The molecular formula is C17H22N2O3. The van der Waals surface area contributed by atoms with Crippen molar-refractivity contribution >= 4 is 23.3 Å². The molecule has 0 aliphatic heterocycles. The molecule has 0 saturated heterocycles. The Morgan fingerprint density at radius 3 is 2.55 bits per heavy atom. The number of carbonyl (C=O) groups is 2. The Morgan fingerprint density at radius 1 is 1.32 bits per heavy atom. The highest BCUT2D eigenvalue weighted by Crippen LogP contribution is 2.29. The molecule has 1 unspecified atom stereocenters. The first kappa shape index (κ1) is 16.1. The van der Waals surface area contributed by atoms with Crippen LogP contribution in [-0.4, -0.2) is 22.5 Å². The molecule has 1 aromatic heterocycles. The summed E-state index contributed by atoms with van der Waals surface area (Å²) in [6.45, 7) is 7.28. The Balaban J connectivity index is 2.38. The molecule has 0 bridgehead atoms. The Bertz CT molecular complexity index is 710. The van der Waals surface area contributed by atoms with Gasteiger partial charge >= 0.3 is 6.09 Å². The molecule has 0 spiro atoms. The summed E-state index contributed by atoms with van der Waals surface area (Å²) in [6, 6.07) is 7.07. The van der Waals surface area contributed by atoms with Crippen LogP contribution in [0.3, 0.4) is 0 Å². The normalized spacial score (nSPS) is 13.0. The maximum absolute atomic E-state index is 12.0. The number of nitrogens with zero attached hydrogens (tertiary/aromatic N) is 1. The van der Waals surface area contributed by atoms with E-state index in [0.29, 0.717) is 0 Å². The predicted octanol–water partition coefficient (Wildman–Crippen LogP) is 3.25. The van der Waals surface area contributed by atoms with Crippen molar-refractivity contribution < 1.29 is 14.3 Å². The summed E-state index contributed by atoms with van der Waals surface area (Å²) in [4.78, 5) is 23.5. The second kappa shape index (κ2) is 5.83. The Kier molecular flexibility index (Phi) is 4.26. The van der Waals surface area contributed by atoms with E-state index in [9.17, 15) is 9.59 Å². The van der Waals surface area contributed by atoms with Gasteiger partial charge in [-0.25, -0.2) is 4.79 Å². The third-order valence-corrected chi connectivity index (χ3v) is 3.57. The van der Waals surface area contributed by atoms with Gasteiger partial charge in [-0.15, -0.1) is 0 Å². The molecule has 0 saturated carbocycles. The van der Waals surface area contributed by atoms with Gasteiger partial charge in [0.25, 0.3) is 0 Å². The van der Waals surface area contributed by atoms with Gasteiger partial charge < -0.3 is 19.4 Å². The highest BCUT2D eigenvalue weighted by molar-refractivity contribution is 5.90. The van der Waals surface area contributed by atoms with Gasteiger partial charge in [0.15, 0.2) is 0 Å². The highest BCUT2D eigenvalue weighted by Gasteiger charge is 2.24. The average molecular weight is 302 g/mol. The number of hydrogen-bond acceptors (Lipinski definition) is 3. The van der Waals surface area contributed by atoms with Crippen LogP contribution < -0.4 is 5.32 Å². The predicted molar refractivity (Wildman–Crippen MR) is 85.8 cm³/mol. The molecule has 5 heteroatoms. The van der Waals surface area contributed by atoms with E-state index in [-0.39, 0.29) is 0 Å². The molecule has 2 rings (SSSR count). The number of aromatic nitrogens is 1. The Hall–Kier alpha value is -2.30. The zero-order valence-electron chi connectivity index (χ0n) is 13.6. The summed E-state index contributed by atoms with van der Waals surface area (Å²) in [7, 11) is 1.94. The summed E-state index contributed by atoms with van der Waals surface area (Å²) in [5.74, 6) is 0. The van der Waals surface area contributed by atoms with Crippen LogP contribution in [0.1, 0.15) is 38.1 Å². The van der Waals surface area contributed by atoms with Gasteiger partial charge in [0.2, 0.25) is 0 Å². The van der Waals surface area contributed by atoms with Crippen molar-refractivity contribution in [2.75, 3.05) is 0 Å². The minimum Gasteiger partial charge on any atom is -0.444 e. The summed E-state index contributed by atoms with van der Waals surface area (Å²) in [5.41, 5.74) is 2.16. The van der Waals surface area contributed by atoms with E-state index < -0.39 is 17.7 Å². The molecule has 1 N–H and O–H groups in total. The minimum atomic E-state index is -0.735. The lowest BCUT2D eigenvalue weighted by molar-refractivity contribution is -0.109. The van der Waals surface area contributed by atoms with Crippen LogP contribution in [0.15, 0.2) is 24.3 Å². The number of benzene rings is 1. The number of hydrogen-bond donors (Lipinski definition) is 1. The van der Waals surface area contributed by atoms with Crippen LogP contribution in [0.5, 0.6) is 0 Å². The van der Waals surface area contributed by atoms with E-state index >= 15 is 0 Å². The van der Waals surface area contributed by atoms with Crippen molar-refractivity contribution in [3.05, 3.63) is 35.5 Å². The number of carbonyl (C=O) groups excluding carboxylic acids is 2. The van der Waals surface area contributed by atoms with E-state index in [4.69, 9.17) is 4.74 Å². The summed E-state index contributed by atoms with van der Waals surface area (Å²) < 4.78 is 7.25. The molecule has 1 amide bonds. The molecule has 118 valence electrons. The van der Waals surface area contributed by atoms with Gasteiger partial charge in [-0.1, -0.05) is 18.2 Å². The molecule has 0 aliphatic rings. The van der Waals surface area contributed by atoms with Crippen LogP contribution in [0.4, 0.5) is 4.79 Å². The van der Waals surface area contributed by atoms with E-state index in [1.807, 2.05) is 42.8 Å². The highest BCUT2D eigenvalue weighted by atomic mass is 16.6. The first-order valence-electron chi connectivity index (χ1n) is 7.23. The van der Waals surface area contributed by atoms with E-state index in [1.165, 1.54) is 0 Å². The average Bonchev–Trinajstić information content (AvgIpc) is 2.67. The molecule has 5 nitrogen and oxygen atoms in total. The molecule has 0 fully saturated rings. The Labute approximate surface area is 130 Å². The molecule has 0 radical (unpaired) electrons. The number of amides is 1. The topological polar surface area (TPSA) is 60.3 Å². The Morgan fingerprint density at radius 2 is 1.95 bits per heavy atom. The van der Waals surface area contributed by atoms with E-state index in [2.05, 4.69) is 5.32 Å². The lowest BCUT2D eigenvalue weighted by Crippen LogP contribution is -2.35. The van der Waals surface area contributed by atoms with Crippen molar-refractivity contribution in [1.29, 1.82) is 0 Å². The monoisotopic (exact) mass is 302 g/mol. The maximum atomic E-state index is 12.0. The quantitative estimate of drug-likeness (QED) is 0.885. The second-order valence-electron chi connectivity index (χ2n) is 6.34. The minimum absolute atomic E-state index is 0.600. The van der Waals surface area contributed by atoms with Crippen molar-refractivity contribution in [2.24, 2.45) is 7.05 Å². The summed E-state index contributed by atoms with van der Waals surface area (Å²) in [6.07, 6.45) is 0.135. The van der Waals surface area contributed by atoms with Gasteiger partial charge in [-0.3, -0.25) is 0 Å². The number of aryl methyl sites for hydroxylation is 1. The fourth-order valence-corrected chi connectivity index (χ4v) is 2.55. The van der Waals surface area contributed by atoms with Crippen molar-refractivity contribution in [3.63, 3.8) is 0 Å². The first-order chi connectivity index (χ1) is 10.2. The van der Waals surface area contributed by atoms with Gasteiger partial charge in [-0.05, 0) is 33.8 Å². The standard InChI is InChI=1S/C17H22N2O3/c1-11-15(12-8-6-7-9-14(12)19(11)5)13(10-20)18-16(21)22-17(2,3)4/h6-10,13H,1-5H3,(H,18,21). The van der Waals surface area contributed by atoms with Crippen LogP contribution >= 0.6 is 0 Å². The number of alkyl carbamates (subject to hydrolysis) is 1. The van der Waals surface area contributed by atoms with Gasteiger partial charge in [0, 0.05) is 29.2 Å². The van der Waals surface area contributed by atoms with Crippen LogP contribution in [0, 0.1) is 6.92 Å². The summed E-state index contributed by atoms with van der Waals surface area (Å²) in [5, 5.41) is 3.60. The van der Waals surface area contributed by atoms with Crippen molar-refractivity contribution in [1.82, 2.24) is 9.88 Å². The fourth-order valence-electron chi connectivity index (χ4n) is 2.55. The molecule has 1 aromatic carbocycles. The molecule has 2 aromatic rings. The fraction of sp³-hybridized carbons (Fsp3) is 0.412. The smallest absolute Gasteiger partial charge is 0.408 e. The largest absolute Gasteiger partial charge is 0.444 e. The third-order valence-electron chi connectivity index (χ3n) is 3.57.